The Balaban J connectivity index is 0. The summed E-state index contributed by atoms with van der Waals surface area (Å²) in [6.45, 7) is 1.99. The summed E-state index contributed by atoms with van der Waals surface area (Å²) in [5.41, 5.74) is 0. The van der Waals surface area contributed by atoms with Gasteiger partial charge in [-0.1, -0.05) is 7.21 Å². The van der Waals surface area contributed by atoms with Gasteiger partial charge in [-0.05, 0) is 6.66 Å². The number of hydrogen-bond acceptors (Lipinski definition) is 1. The molecule has 0 fully saturated rings. The Morgan fingerprint density at radius 2 is 2.00 bits per heavy atom. The summed E-state index contributed by atoms with van der Waals surface area (Å²) in [7, 11) is 2.75. The second-order valence-corrected chi connectivity index (χ2v) is 5.38. The topological polar surface area (TPSA) is 20.2 Å². The molecule has 35 valence electrons. The van der Waals surface area contributed by atoms with Crippen LogP contribution in [0.3, 0.4) is 0 Å². The summed E-state index contributed by atoms with van der Waals surface area (Å²) >= 11 is 0. The van der Waals surface area contributed by atoms with E-state index >= 15 is 0 Å². The van der Waals surface area contributed by atoms with E-state index < -0.39 is 7.21 Å². The Morgan fingerprint density at radius 3 is 2.00 bits per heavy atom. The largest absolute Gasteiger partial charge is 0.392 e. The van der Waals surface area contributed by atoms with Crippen LogP contribution in [0.15, 0.2) is 0 Å². The van der Waals surface area contributed by atoms with Gasteiger partial charge in [-0.15, -0.1) is 8.53 Å². The van der Waals surface area contributed by atoms with Crippen LogP contribution < -0.4 is 0 Å². The molecule has 0 spiro atoms. The van der Waals surface area contributed by atoms with Gasteiger partial charge in [-0.25, -0.2) is 0 Å². The van der Waals surface area contributed by atoms with E-state index in [0.29, 0.717) is 6.35 Å². The first-order valence-corrected chi connectivity index (χ1v) is 5.13. The number of rotatable bonds is 1. The fourth-order valence-corrected chi connectivity index (χ4v) is 0. The van der Waals surface area contributed by atoms with Crippen molar-refractivity contribution in [3.8, 4) is 0 Å². The van der Waals surface area contributed by atoms with E-state index in [0.717, 1.165) is 0 Å². The van der Waals surface area contributed by atoms with Crippen LogP contribution in [0.2, 0.25) is 0 Å². The number of aliphatic hydroxyl groups is 1. The second-order valence-electron chi connectivity index (χ2n) is 0.938. The zero-order chi connectivity index (χ0) is 4.28. The molecule has 0 amide bonds. The summed E-state index contributed by atoms with van der Waals surface area (Å²) < 4.78 is 0. The van der Waals surface area contributed by atoms with Gasteiger partial charge in [0.1, 0.15) is 0 Å². The van der Waals surface area contributed by atoms with Gasteiger partial charge in [-0.3, -0.25) is 0 Å². The quantitative estimate of drug-likeness (QED) is 0.620. The summed E-state index contributed by atoms with van der Waals surface area (Å²) in [6, 6.07) is 0. The third kappa shape index (κ3) is 9.25. The van der Waals surface area contributed by atoms with E-state index in [4.69, 9.17) is 5.11 Å². The summed E-state index contributed by atoms with van der Waals surface area (Å²) in [5.74, 6) is 0. The third-order valence-corrected chi connectivity index (χ3v) is 1.19. The van der Waals surface area contributed by atoms with E-state index in [1.165, 1.54) is 0 Å². The maximum absolute atomic E-state index is 8.14. The minimum atomic E-state index is -0.513. The van der Waals surface area contributed by atoms with Crippen LogP contribution in [-0.4, -0.2) is 18.1 Å². The van der Waals surface area contributed by atoms with Crippen LogP contribution in [0.1, 0.15) is 0 Å². The fourth-order valence-electron chi connectivity index (χ4n) is 0. The predicted octanol–water partition coefficient (Wildman–Crippen LogP) is 0.835. The zero-order valence-corrected chi connectivity index (χ0v) is 8.57. The molecule has 0 aliphatic heterocycles. The van der Waals surface area contributed by atoms with Gasteiger partial charge >= 0.3 is 0 Å². The molecule has 0 aromatic rings. The van der Waals surface area contributed by atoms with Crippen LogP contribution >= 0.6 is 15.7 Å². The zero-order valence-electron chi connectivity index (χ0n) is 3.73. The van der Waals surface area contributed by atoms with E-state index in [1.807, 2.05) is 6.66 Å². The van der Waals surface area contributed by atoms with Crippen LogP contribution in [0.25, 0.3) is 0 Å². The number of hydrogen-bond donors (Lipinski definition) is 1. The molecule has 0 aromatic carbocycles. The monoisotopic (exact) mass is 199 g/mol. The van der Waals surface area contributed by atoms with Crippen molar-refractivity contribution < 1.29 is 37.8 Å². The Hall–Kier alpha value is 1.79. The molecule has 0 aliphatic rings. The molecule has 4 heteroatoms. The summed E-state index contributed by atoms with van der Waals surface area (Å²) in [6.07, 6.45) is 0.321. The van der Waals surface area contributed by atoms with E-state index in [2.05, 4.69) is 8.53 Å². The van der Waals surface area contributed by atoms with Gasteiger partial charge in [0.05, 0.1) is 6.35 Å². The van der Waals surface area contributed by atoms with Crippen LogP contribution in [0.5, 0.6) is 0 Å². The SMILES string of the molecule is C[PH](=P)CO.[Y]. The van der Waals surface area contributed by atoms with Crippen molar-refractivity contribution in [3.63, 3.8) is 0 Å². The summed E-state index contributed by atoms with van der Waals surface area (Å²) in [5, 5.41) is 8.14. The first kappa shape index (κ1) is 10.7. The first-order chi connectivity index (χ1) is 2.27. The van der Waals surface area contributed by atoms with Gasteiger partial charge in [-0.2, -0.15) is 0 Å². The molecular weight excluding hydrogens is 191 g/mol. The van der Waals surface area contributed by atoms with Gasteiger partial charge in [0, 0.05) is 32.7 Å². The van der Waals surface area contributed by atoms with E-state index in [1.54, 1.807) is 0 Å². The molecule has 1 nitrogen and oxygen atoms in total. The van der Waals surface area contributed by atoms with Crippen LogP contribution in [-0.2, 0) is 32.7 Å². The number of aliphatic hydroxyl groups excluding tert-OH is 1. The molecule has 0 heterocycles. The summed E-state index contributed by atoms with van der Waals surface area (Å²) in [4.78, 5) is 0. The molecule has 0 bridgehead atoms. The molecule has 0 saturated carbocycles. The van der Waals surface area contributed by atoms with Gasteiger partial charge in [0.2, 0.25) is 0 Å². The smallest absolute Gasteiger partial charge is 0.0628 e. The third-order valence-electron chi connectivity index (χ3n) is 0.237. The molecule has 1 N–H and O–H groups in total. The average Bonchev–Trinajstić information content (AvgIpc) is 1.38. The normalized spacial score (nSPS) is 12.3. The Morgan fingerprint density at radius 1 is 1.83 bits per heavy atom. The van der Waals surface area contributed by atoms with Crippen LogP contribution in [0, 0.1) is 0 Å². The average molecular weight is 199 g/mol. The maximum Gasteiger partial charge on any atom is 0.0628 e. The molecule has 1 atom stereocenters. The van der Waals surface area contributed by atoms with Gasteiger partial charge in [0.15, 0.2) is 0 Å². The second kappa shape index (κ2) is 6.79. The predicted molar refractivity (Wildman–Crippen MR) is 29.6 cm³/mol. The minimum Gasteiger partial charge on any atom is -0.392 e. The van der Waals surface area contributed by atoms with Crippen molar-refractivity contribution >= 4 is 15.7 Å². The molecule has 1 unspecified atom stereocenters. The van der Waals surface area contributed by atoms with Crippen molar-refractivity contribution in [2.75, 3.05) is 13.0 Å². The van der Waals surface area contributed by atoms with Crippen molar-refractivity contribution in [2.24, 2.45) is 0 Å². The van der Waals surface area contributed by atoms with Gasteiger partial charge < -0.3 is 5.11 Å². The molecule has 6 heavy (non-hydrogen) atoms. The Kier molecular flexibility index (Phi) is 12.1. The van der Waals surface area contributed by atoms with Crippen molar-refractivity contribution in [1.29, 1.82) is 0 Å². The fraction of sp³-hybridized carbons (Fsp3) is 1.00. The standard InChI is InChI=1S/C2H8OP2.Y/c1-5(4)2-3;/h3-5H,2H2,1H3;. The van der Waals surface area contributed by atoms with E-state index in [9.17, 15) is 0 Å². The van der Waals surface area contributed by atoms with E-state index in [-0.39, 0.29) is 32.7 Å². The van der Waals surface area contributed by atoms with Crippen LogP contribution in [0.4, 0.5) is 0 Å². The Labute approximate surface area is 66.2 Å². The minimum absolute atomic E-state index is 0. The molecular formula is C2H8OP2Y. The van der Waals surface area contributed by atoms with Crippen molar-refractivity contribution in [3.05, 3.63) is 0 Å². The van der Waals surface area contributed by atoms with Crippen molar-refractivity contribution in [1.82, 2.24) is 0 Å². The molecule has 0 aliphatic carbocycles. The Bertz CT molecular complexity index is 46.8. The van der Waals surface area contributed by atoms with Crippen molar-refractivity contribution in [2.45, 2.75) is 0 Å². The molecule has 1 radical (unpaired) electrons. The first-order valence-electron chi connectivity index (χ1n) is 1.42. The van der Waals surface area contributed by atoms with Gasteiger partial charge in [0.25, 0.3) is 0 Å². The molecule has 0 rings (SSSR count). The molecule has 0 saturated heterocycles. The molecule has 0 aromatic heterocycles. The maximum atomic E-state index is 8.14.